The van der Waals surface area contributed by atoms with Crippen LogP contribution in [0, 0.1) is 11.6 Å². The number of thioether (sulfide) groups is 1. The number of carbonyl (C=O) groups is 1. The zero-order chi connectivity index (χ0) is 11.7. The van der Waals surface area contributed by atoms with Gasteiger partial charge in [0.15, 0.2) is 11.6 Å². The predicted molar refractivity (Wildman–Crippen MR) is 62.7 cm³/mol. The number of benzene rings is 1. The van der Waals surface area contributed by atoms with Gasteiger partial charge in [0, 0.05) is 0 Å². The minimum atomic E-state index is -0.944. The van der Waals surface area contributed by atoms with Crippen molar-refractivity contribution in [2.75, 3.05) is 0 Å². The van der Waals surface area contributed by atoms with Gasteiger partial charge in [-0.2, -0.15) is 0 Å². The van der Waals surface area contributed by atoms with E-state index in [1.807, 2.05) is 0 Å². The zero-order valence-corrected chi connectivity index (χ0v) is 9.42. The summed E-state index contributed by atoms with van der Waals surface area (Å²) in [6, 6.07) is 3.43. The third kappa shape index (κ3) is 2.28. The van der Waals surface area contributed by atoms with Crippen LogP contribution in [0.1, 0.15) is 5.56 Å². The average Bonchev–Trinajstić information content (AvgIpc) is 2.51. The molecule has 1 fully saturated rings. The van der Waals surface area contributed by atoms with Crippen molar-refractivity contribution in [3.8, 4) is 0 Å². The topological polar surface area (TPSA) is 29.1 Å². The van der Waals surface area contributed by atoms with Crippen molar-refractivity contribution in [1.29, 1.82) is 0 Å². The van der Waals surface area contributed by atoms with E-state index < -0.39 is 11.6 Å². The van der Waals surface area contributed by atoms with Gasteiger partial charge in [0.05, 0.1) is 4.91 Å². The van der Waals surface area contributed by atoms with Crippen LogP contribution in [-0.4, -0.2) is 10.2 Å². The lowest BCUT2D eigenvalue weighted by Gasteiger charge is -1.96. The molecule has 82 valence electrons. The SMILES string of the molecule is O=C1NC(=S)S/C1=C/c1ccc(F)c(F)c1. The van der Waals surface area contributed by atoms with Gasteiger partial charge >= 0.3 is 0 Å². The summed E-state index contributed by atoms with van der Waals surface area (Å²) in [6.07, 6.45) is 1.46. The molecule has 2 nitrogen and oxygen atoms in total. The van der Waals surface area contributed by atoms with Crippen molar-refractivity contribution in [2.24, 2.45) is 0 Å². The maximum absolute atomic E-state index is 12.9. The van der Waals surface area contributed by atoms with Crippen LogP contribution in [0.25, 0.3) is 6.08 Å². The molecule has 0 bridgehead atoms. The number of nitrogens with one attached hydrogen (secondary N) is 1. The van der Waals surface area contributed by atoms with Crippen LogP contribution < -0.4 is 5.32 Å². The van der Waals surface area contributed by atoms with Crippen LogP contribution in [0.2, 0.25) is 0 Å². The number of thiocarbonyl (C=S) groups is 1. The molecular weight excluding hydrogens is 252 g/mol. The quantitative estimate of drug-likeness (QED) is 0.619. The maximum Gasteiger partial charge on any atom is 0.263 e. The molecule has 1 aromatic rings. The number of hydrogen-bond acceptors (Lipinski definition) is 3. The van der Waals surface area contributed by atoms with E-state index in [0.29, 0.717) is 14.8 Å². The Bertz CT molecular complexity index is 514. The lowest BCUT2D eigenvalue weighted by Crippen LogP contribution is -2.17. The summed E-state index contributed by atoms with van der Waals surface area (Å²) >= 11 is 5.89. The van der Waals surface area contributed by atoms with Crippen LogP contribution >= 0.6 is 24.0 Å². The fraction of sp³-hybridized carbons (Fsp3) is 0. The van der Waals surface area contributed by atoms with Crippen molar-refractivity contribution >= 4 is 40.3 Å². The second-order valence-electron chi connectivity index (χ2n) is 3.03. The third-order valence-corrected chi connectivity index (χ3v) is 3.05. The Labute approximate surface area is 99.7 Å². The van der Waals surface area contributed by atoms with Crippen LogP contribution in [0.5, 0.6) is 0 Å². The highest BCUT2D eigenvalue weighted by Crippen LogP contribution is 2.26. The van der Waals surface area contributed by atoms with E-state index in [-0.39, 0.29) is 5.91 Å². The van der Waals surface area contributed by atoms with E-state index in [2.05, 4.69) is 5.32 Å². The minimum absolute atomic E-state index is 0.320. The van der Waals surface area contributed by atoms with Crippen molar-refractivity contribution in [3.63, 3.8) is 0 Å². The molecule has 1 amide bonds. The van der Waals surface area contributed by atoms with Gasteiger partial charge in [-0.15, -0.1) is 0 Å². The molecule has 0 aliphatic carbocycles. The average molecular weight is 257 g/mol. The fourth-order valence-electron chi connectivity index (χ4n) is 1.17. The van der Waals surface area contributed by atoms with E-state index in [1.165, 1.54) is 12.1 Å². The summed E-state index contributed by atoms with van der Waals surface area (Å²) < 4.78 is 25.9. The van der Waals surface area contributed by atoms with Crippen molar-refractivity contribution in [2.45, 2.75) is 0 Å². The molecule has 0 aromatic heterocycles. The highest BCUT2D eigenvalue weighted by molar-refractivity contribution is 8.26. The first-order chi connectivity index (χ1) is 7.56. The first-order valence-electron chi connectivity index (χ1n) is 4.26. The largest absolute Gasteiger partial charge is 0.307 e. The van der Waals surface area contributed by atoms with Crippen LogP contribution in [-0.2, 0) is 4.79 Å². The highest BCUT2D eigenvalue weighted by atomic mass is 32.2. The first-order valence-corrected chi connectivity index (χ1v) is 5.48. The van der Waals surface area contributed by atoms with E-state index in [0.717, 1.165) is 23.9 Å². The Morgan fingerprint density at radius 2 is 2.06 bits per heavy atom. The van der Waals surface area contributed by atoms with Crippen molar-refractivity contribution in [1.82, 2.24) is 5.32 Å². The van der Waals surface area contributed by atoms with Crippen LogP contribution in [0.15, 0.2) is 23.1 Å². The summed E-state index contributed by atoms with van der Waals surface area (Å²) in [5, 5.41) is 2.43. The standard InChI is InChI=1S/C10H5F2NOS2/c11-6-2-1-5(3-7(6)12)4-8-9(14)13-10(15)16-8/h1-4H,(H,13,14,15)/b8-4+. The van der Waals surface area contributed by atoms with Gasteiger partial charge in [-0.25, -0.2) is 8.78 Å². The van der Waals surface area contributed by atoms with Gasteiger partial charge in [0.2, 0.25) is 0 Å². The van der Waals surface area contributed by atoms with Crippen LogP contribution in [0.4, 0.5) is 8.78 Å². The second kappa shape index (κ2) is 4.31. The van der Waals surface area contributed by atoms with E-state index in [1.54, 1.807) is 0 Å². The first kappa shape index (κ1) is 11.2. The number of halogens is 2. The molecule has 0 atom stereocenters. The molecule has 6 heteroatoms. The van der Waals surface area contributed by atoms with Gasteiger partial charge in [-0.3, -0.25) is 4.79 Å². The molecule has 1 saturated heterocycles. The van der Waals surface area contributed by atoms with Crippen molar-refractivity contribution in [3.05, 3.63) is 40.3 Å². The smallest absolute Gasteiger partial charge is 0.263 e. The minimum Gasteiger partial charge on any atom is -0.307 e. The molecule has 1 aliphatic rings. The second-order valence-corrected chi connectivity index (χ2v) is 4.74. The normalized spacial score (nSPS) is 18.0. The number of hydrogen-bond donors (Lipinski definition) is 1. The van der Waals surface area contributed by atoms with E-state index >= 15 is 0 Å². The predicted octanol–water partition coefficient (Wildman–Crippen LogP) is 2.45. The van der Waals surface area contributed by atoms with Crippen molar-refractivity contribution < 1.29 is 13.6 Å². The van der Waals surface area contributed by atoms with E-state index in [4.69, 9.17) is 12.2 Å². The Kier molecular flexibility index (Phi) is 3.02. The molecule has 0 saturated carbocycles. The lowest BCUT2D eigenvalue weighted by molar-refractivity contribution is -0.115. The molecule has 1 N–H and O–H groups in total. The molecule has 0 spiro atoms. The van der Waals surface area contributed by atoms with Crippen LogP contribution in [0.3, 0.4) is 0 Å². The number of carbonyl (C=O) groups excluding carboxylic acids is 1. The van der Waals surface area contributed by atoms with Gasteiger partial charge in [0.1, 0.15) is 4.32 Å². The summed E-state index contributed by atoms with van der Waals surface area (Å²) in [5.41, 5.74) is 0.418. The Morgan fingerprint density at radius 3 is 2.62 bits per heavy atom. The van der Waals surface area contributed by atoms with Gasteiger partial charge in [-0.05, 0) is 23.8 Å². The summed E-state index contributed by atoms with van der Waals surface area (Å²) in [4.78, 5) is 11.7. The number of amides is 1. The summed E-state index contributed by atoms with van der Waals surface area (Å²) in [5.74, 6) is -2.18. The lowest BCUT2D eigenvalue weighted by atomic mass is 10.2. The molecular formula is C10H5F2NOS2. The molecule has 2 rings (SSSR count). The zero-order valence-electron chi connectivity index (χ0n) is 7.79. The molecule has 1 heterocycles. The fourth-order valence-corrected chi connectivity index (χ4v) is 2.22. The third-order valence-electron chi connectivity index (χ3n) is 1.88. The number of rotatable bonds is 1. The Hall–Kier alpha value is -1.27. The molecule has 16 heavy (non-hydrogen) atoms. The van der Waals surface area contributed by atoms with Gasteiger partial charge < -0.3 is 5.32 Å². The van der Waals surface area contributed by atoms with Gasteiger partial charge in [0.25, 0.3) is 5.91 Å². The maximum atomic E-state index is 12.9. The van der Waals surface area contributed by atoms with E-state index in [9.17, 15) is 13.6 Å². The molecule has 1 aliphatic heterocycles. The summed E-state index contributed by atoms with van der Waals surface area (Å²) in [6.45, 7) is 0. The molecule has 0 radical (unpaired) electrons. The Balaban J connectivity index is 2.32. The molecule has 0 unspecified atom stereocenters. The monoisotopic (exact) mass is 257 g/mol. The van der Waals surface area contributed by atoms with Gasteiger partial charge in [-0.1, -0.05) is 30.0 Å². The highest BCUT2D eigenvalue weighted by Gasteiger charge is 2.21. The summed E-state index contributed by atoms with van der Waals surface area (Å²) in [7, 11) is 0. The Morgan fingerprint density at radius 1 is 1.31 bits per heavy atom. The molecule has 1 aromatic carbocycles.